The Kier molecular flexibility index (Phi) is 2.19. The molecule has 0 aliphatic heterocycles. The van der Waals surface area contributed by atoms with Crippen LogP contribution in [0.3, 0.4) is 0 Å². The lowest BCUT2D eigenvalue weighted by molar-refractivity contribution is 0.471. The van der Waals surface area contributed by atoms with Crippen molar-refractivity contribution in [3.8, 4) is 16.9 Å². The van der Waals surface area contributed by atoms with Gasteiger partial charge in [-0.25, -0.2) is 0 Å². The summed E-state index contributed by atoms with van der Waals surface area (Å²) in [6, 6.07) is 9.49. The number of aromatic nitrogens is 1. The molecule has 0 radical (unpaired) electrons. The molecular weight excluding hydrogens is 174 g/mol. The van der Waals surface area contributed by atoms with Gasteiger partial charge in [-0.05, 0) is 30.2 Å². The molecular formula is C12H11NO. The molecule has 0 unspecified atom stereocenters. The highest BCUT2D eigenvalue weighted by molar-refractivity contribution is 5.64. The molecule has 2 heteroatoms. The maximum atomic E-state index is 9.54. The summed E-state index contributed by atoms with van der Waals surface area (Å²) >= 11 is 0. The first-order chi connectivity index (χ1) is 6.77. The third-order valence-electron chi connectivity index (χ3n) is 2.20. The number of aromatic hydroxyl groups is 1. The second-order valence-electron chi connectivity index (χ2n) is 3.24. The summed E-state index contributed by atoms with van der Waals surface area (Å²) in [5.74, 6) is 0.325. The lowest BCUT2D eigenvalue weighted by Gasteiger charge is -2.03. The van der Waals surface area contributed by atoms with E-state index < -0.39 is 0 Å². The van der Waals surface area contributed by atoms with Crippen molar-refractivity contribution >= 4 is 0 Å². The molecule has 1 heterocycles. The first-order valence-corrected chi connectivity index (χ1v) is 4.47. The molecule has 0 aliphatic carbocycles. The van der Waals surface area contributed by atoms with Crippen molar-refractivity contribution in [3.05, 3.63) is 48.3 Å². The SMILES string of the molecule is Cc1ccc(-c2cccnc2)cc1O. The lowest BCUT2D eigenvalue weighted by Crippen LogP contribution is -1.80. The van der Waals surface area contributed by atoms with Crippen LogP contribution in [-0.4, -0.2) is 10.1 Å². The Labute approximate surface area is 82.9 Å². The molecule has 1 aromatic heterocycles. The summed E-state index contributed by atoms with van der Waals surface area (Å²) in [5, 5.41) is 9.54. The Hall–Kier alpha value is -1.83. The normalized spacial score (nSPS) is 10.1. The van der Waals surface area contributed by atoms with Gasteiger partial charge in [0, 0.05) is 18.0 Å². The zero-order valence-corrected chi connectivity index (χ0v) is 7.94. The fraction of sp³-hybridized carbons (Fsp3) is 0.0833. The number of nitrogens with zero attached hydrogens (tertiary/aromatic N) is 1. The minimum atomic E-state index is 0.325. The predicted molar refractivity (Wildman–Crippen MR) is 56.1 cm³/mol. The summed E-state index contributed by atoms with van der Waals surface area (Å²) in [7, 11) is 0. The van der Waals surface area contributed by atoms with Crippen LogP contribution in [0, 0.1) is 6.92 Å². The maximum absolute atomic E-state index is 9.54. The van der Waals surface area contributed by atoms with Crippen molar-refractivity contribution in [2.24, 2.45) is 0 Å². The molecule has 0 fully saturated rings. The number of rotatable bonds is 1. The van der Waals surface area contributed by atoms with Gasteiger partial charge in [-0.2, -0.15) is 0 Å². The van der Waals surface area contributed by atoms with Crippen molar-refractivity contribution in [2.45, 2.75) is 6.92 Å². The fourth-order valence-corrected chi connectivity index (χ4v) is 1.32. The third-order valence-corrected chi connectivity index (χ3v) is 2.20. The van der Waals surface area contributed by atoms with E-state index >= 15 is 0 Å². The molecule has 0 aliphatic rings. The van der Waals surface area contributed by atoms with Crippen molar-refractivity contribution in [1.82, 2.24) is 4.98 Å². The molecule has 2 nitrogen and oxygen atoms in total. The summed E-state index contributed by atoms with van der Waals surface area (Å²) < 4.78 is 0. The van der Waals surface area contributed by atoms with Crippen LogP contribution in [0.25, 0.3) is 11.1 Å². The van der Waals surface area contributed by atoms with E-state index in [1.54, 1.807) is 18.5 Å². The molecule has 0 atom stereocenters. The van der Waals surface area contributed by atoms with Crippen LogP contribution in [0.2, 0.25) is 0 Å². The number of hydrogen-bond donors (Lipinski definition) is 1. The number of benzene rings is 1. The molecule has 70 valence electrons. The molecule has 0 amide bonds. The monoisotopic (exact) mass is 185 g/mol. The molecule has 14 heavy (non-hydrogen) atoms. The summed E-state index contributed by atoms with van der Waals surface area (Å²) in [6.07, 6.45) is 3.52. The van der Waals surface area contributed by atoms with Crippen LogP contribution in [0.1, 0.15) is 5.56 Å². The number of phenolic OH excluding ortho intramolecular Hbond substituents is 1. The number of phenols is 1. The van der Waals surface area contributed by atoms with Gasteiger partial charge in [0.05, 0.1) is 0 Å². The van der Waals surface area contributed by atoms with E-state index in [2.05, 4.69) is 4.98 Å². The second kappa shape index (κ2) is 3.50. The Balaban J connectivity index is 2.48. The highest BCUT2D eigenvalue weighted by atomic mass is 16.3. The van der Waals surface area contributed by atoms with Crippen LogP contribution in [0.5, 0.6) is 5.75 Å². The van der Waals surface area contributed by atoms with Crippen molar-refractivity contribution in [3.63, 3.8) is 0 Å². The zero-order valence-electron chi connectivity index (χ0n) is 7.94. The van der Waals surface area contributed by atoms with Crippen LogP contribution >= 0.6 is 0 Å². The van der Waals surface area contributed by atoms with E-state index in [1.165, 1.54) is 0 Å². The summed E-state index contributed by atoms with van der Waals surface area (Å²) in [5.41, 5.74) is 2.89. The third kappa shape index (κ3) is 1.59. The number of hydrogen-bond acceptors (Lipinski definition) is 2. The van der Waals surface area contributed by atoms with Gasteiger partial charge in [-0.15, -0.1) is 0 Å². The van der Waals surface area contributed by atoms with Gasteiger partial charge in [-0.1, -0.05) is 18.2 Å². The standard InChI is InChI=1S/C12H11NO/c1-9-4-5-10(7-12(9)14)11-3-2-6-13-8-11/h2-8,14H,1H3. The molecule has 1 aromatic carbocycles. The maximum Gasteiger partial charge on any atom is 0.119 e. The Morgan fingerprint density at radius 1 is 1.14 bits per heavy atom. The Morgan fingerprint density at radius 3 is 2.64 bits per heavy atom. The Morgan fingerprint density at radius 2 is 2.00 bits per heavy atom. The topological polar surface area (TPSA) is 33.1 Å². The molecule has 1 N–H and O–H groups in total. The van der Waals surface area contributed by atoms with Crippen LogP contribution in [0.15, 0.2) is 42.7 Å². The van der Waals surface area contributed by atoms with Gasteiger partial charge in [0.1, 0.15) is 5.75 Å². The van der Waals surface area contributed by atoms with E-state index in [1.807, 2.05) is 31.2 Å². The van der Waals surface area contributed by atoms with Gasteiger partial charge in [0.15, 0.2) is 0 Å². The minimum Gasteiger partial charge on any atom is -0.508 e. The first-order valence-electron chi connectivity index (χ1n) is 4.47. The smallest absolute Gasteiger partial charge is 0.119 e. The molecule has 0 bridgehead atoms. The van der Waals surface area contributed by atoms with Gasteiger partial charge in [-0.3, -0.25) is 4.98 Å². The van der Waals surface area contributed by atoms with E-state index in [-0.39, 0.29) is 0 Å². The predicted octanol–water partition coefficient (Wildman–Crippen LogP) is 2.76. The Bertz CT molecular complexity index is 437. The van der Waals surface area contributed by atoms with E-state index in [0.29, 0.717) is 5.75 Å². The lowest BCUT2D eigenvalue weighted by atomic mass is 10.1. The highest BCUT2D eigenvalue weighted by Gasteiger charge is 2.00. The van der Waals surface area contributed by atoms with Gasteiger partial charge < -0.3 is 5.11 Å². The van der Waals surface area contributed by atoms with E-state index in [4.69, 9.17) is 0 Å². The summed E-state index contributed by atoms with van der Waals surface area (Å²) in [6.45, 7) is 1.88. The van der Waals surface area contributed by atoms with E-state index in [9.17, 15) is 5.11 Å². The second-order valence-corrected chi connectivity index (χ2v) is 3.24. The molecule has 0 saturated carbocycles. The number of aryl methyl sites for hydroxylation is 1. The average Bonchev–Trinajstić information content (AvgIpc) is 2.23. The molecule has 0 spiro atoms. The fourth-order valence-electron chi connectivity index (χ4n) is 1.32. The van der Waals surface area contributed by atoms with Crippen LogP contribution < -0.4 is 0 Å². The van der Waals surface area contributed by atoms with Gasteiger partial charge in [0.25, 0.3) is 0 Å². The summed E-state index contributed by atoms with van der Waals surface area (Å²) in [4.78, 5) is 4.03. The van der Waals surface area contributed by atoms with Crippen LogP contribution in [0.4, 0.5) is 0 Å². The van der Waals surface area contributed by atoms with E-state index in [0.717, 1.165) is 16.7 Å². The quantitative estimate of drug-likeness (QED) is 0.741. The largest absolute Gasteiger partial charge is 0.508 e. The van der Waals surface area contributed by atoms with Crippen molar-refractivity contribution in [1.29, 1.82) is 0 Å². The van der Waals surface area contributed by atoms with Gasteiger partial charge >= 0.3 is 0 Å². The van der Waals surface area contributed by atoms with Gasteiger partial charge in [0.2, 0.25) is 0 Å². The highest BCUT2D eigenvalue weighted by Crippen LogP contribution is 2.24. The molecule has 0 saturated heterocycles. The van der Waals surface area contributed by atoms with Crippen molar-refractivity contribution < 1.29 is 5.11 Å². The minimum absolute atomic E-state index is 0.325. The zero-order chi connectivity index (χ0) is 9.97. The molecule has 2 aromatic rings. The number of pyridine rings is 1. The van der Waals surface area contributed by atoms with Crippen LogP contribution in [-0.2, 0) is 0 Å². The van der Waals surface area contributed by atoms with Crippen molar-refractivity contribution in [2.75, 3.05) is 0 Å². The molecule has 2 rings (SSSR count). The first kappa shape index (κ1) is 8.75. The average molecular weight is 185 g/mol.